The highest BCUT2D eigenvalue weighted by atomic mass is 79.9. The van der Waals surface area contributed by atoms with Gasteiger partial charge in [-0.15, -0.1) is 0 Å². The molecule has 0 saturated carbocycles. The first-order valence-electron chi connectivity index (χ1n) is 7.23. The molecule has 0 amide bonds. The van der Waals surface area contributed by atoms with Crippen LogP contribution in [0.25, 0.3) is 0 Å². The Balaban J connectivity index is 2.44. The number of furan rings is 1. The second kappa shape index (κ2) is 7.09. The summed E-state index contributed by atoms with van der Waals surface area (Å²) in [6, 6.07) is 2.17. The third-order valence-electron chi connectivity index (χ3n) is 3.42. The van der Waals surface area contributed by atoms with E-state index in [9.17, 15) is 0 Å². The van der Waals surface area contributed by atoms with Crippen molar-refractivity contribution in [2.75, 3.05) is 6.54 Å². The lowest BCUT2D eigenvalue weighted by molar-refractivity contribution is 0.487. The molecule has 2 aromatic rings. The second-order valence-corrected chi connectivity index (χ2v) is 5.59. The largest absolute Gasteiger partial charge is 0.469 e. The summed E-state index contributed by atoms with van der Waals surface area (Å²) in [5.74, 6) is 1.04. The lowest BCUT2D eigenvalue weighted by atomic mass is 10.0. The SMILES string of the molecule is CCCNC(c1ccoc1CC)c1c(Br)cnn1CC. The minimum Gasteiger partial charge on any atom is -0.469 e. The van der Waals surface area contributed by atoms with Gasteiger partial charge in [-0.2, -0.15) is 5.10 Å². The molecule has 0 spiro atoms. The maximum Gasteiger partial charge on any atom is 0.108 e. The van der Waals surface area contributed by atoms with E-state index < -0.39 is 0 Å². The average molecular weight is 340 g/mol. The molecule has 1 atom stereocenters. The molecule has 0 aliphatic heterocycles. The van der Waals surface area contributed by atoms with E-state index >= 15 is 0 Å². The van der Waals surface area contributed by atoms with Crippen LogP contribution in [-0.4, -0.2) is 16.3 Å². The third kappa shape index (κ3) is 2.99. The van der Waals surface area contributed by atoms with E-state index in [0.717, 1.165) is 41.9 Å². The van der Waals surface area contributed by atoms with Crippen LogP contribution in [-0.2, 0) is 13.0 Å². The van der Waals surface area contributed by atoms with Crippen molar-refractivity contribution < 1.29 is 4.42 Å². The van der Waals surface area contributed by atoms with Crippen LogP contribution in [0, 0.1) is 0 Å². The highest BCUT2D eigenvalue weighted by Gasteiger charge is 2.24. The standard InChI is InChI=1S/C15H22BrN3O/c1-4-8-17-14(11-7-9-20-13(11)5-2)15-12(16)10-18-19(15)6-3/h7,9-10,14,17H,4-6,8H2,1-3H3. The molecular weight excluding hydrogens is 318 g/mol. The Hall–Kier alpha value is -1.07. The number of rotatable bonds is 7. The van der Waals surface area contributed by atoms with Crippen LogP contribution in [0.15, 0.2) is 27.4 Å². The number of aryl methyl sites for hydroxylation is 2. The summed E-state index contributed by atoms with van der Waals surface area (Å²) in [4.78, 5) is 0. The predicted molar refractivity (Wildman–Crippen MR) is 83.8 cm³/mol. The van der Waals surface area contributed by atoms with E-state index in [-0.39, 0.29) is 6.04 Å². The molecule has 2 heterocycles. The maximum absolute atomic E-state index is 5.60. The zero-order chi connectivity index (χ0) is 14.5. The van der Waals surface area contributed by atoms with E-state index in [1.165, 1.54) is 5.56 Å². The van der Waals surface area contributed by atoms with Crippen molar-refractivity contribution in [1.29, 1.82) is 0 Å². The second-order valence-electron chi connectivity index (χ2n) is 4.73. The quantitative estimate of drug-likeness (QED) is 0.831. The minimum atomic E-state index is 0.112. The third-order valence-corrected chi connectivity index (χ3v) is 4.03. The summed E-state index contributed by atoms with van der Waals surface area (Å²) in [6.45, 7) is 8.21. The number of hydrogen-bond acceptors (Lipinski definition) is 3. The molecule has 0 aliphatic carbocycles. The van der Waals surface area contributed by atoms with Gasteiger partial charge in [-0.25, -0.2) is 0 Å². The predicted octanol–water partition coefficient (Wildman–Crippen LogP) is 3.91. The summed E-state index contributed by atoms with van der Waals surface area (Å²) < 4.78 is 8.67. The number of nitrogens with one attached hydrogen (secondary N) is 1. The molecule has 0 aliphatic rings. The summed E-state index contributed by atoms with van der Waals surface area (Å²) in [5, 5.41) is 8.04. The van der Waals surface area contributed by atoms with Gasteiger partial charge in [-0.1, -0.05) is 13.8 Å². The van der Waals surface area contributed by atoms with Crippen molar-refractivity contribution in [2.24, 2.45) is 0 Å². The first-order chi connectivity index (χ1) is 9.72. The van der Waals surface area contributed by atoms with Gasteiger partial charge in [0.25, 0.3) is 0 Å². The van der Waals surface area contributed by atoms with Gasteiger partial charge in [0.1, 0.15) is 5.76 Å². The Morgan fingerprint density at radius 1 is 1.40 bits per heavy atom. The minimum absolute atomic E-state index is 0.112. The van der Waals surface area contributed by atoms with Crippen LogP contribution in [0.2, 0.25) is 0 Å². The zero-order valence-electron chi connectivity index (χ0n) is 12.3. The first-order valence-corrected chi connectivity index (χ1v) is 8.02. The van der Waals surface area contributed by atoms with Gasteiger partial charge in [-0.05, 0) is 41.9 Å². The molecular formula is C15H22BrN3O. The molecule has 2 rings (SSSR count). The molecule has 5 heteroatoms. The Labute approximate surface area is 128 Å². The lowest BCUT2D eigenvalue weighted by Gasteiger charge is -2.20. The molecule has 4 nitrogen and oxygen atoms in total. The monoisotopic (exact) mass is 339 g/mol. The summed E-state index contributed by atoms with van der Waals surface area (Å²) in [7, 11) is 0. The summed E-state index contributed by atoms with van der Waals surface area (Å²) in [5.41, 5.74) is 2.37. The average Bonchev–Trinajstić information content (AvgIpc) is 3.07. The number of aromatic nitrogens is 2. The van der Waals surface area contributed by atoms with E-state index in [4.69, 9.17) is 4.42 Å². The topological polar surface area (TPSA) is 43.0 Å². The van der Waals surface area contributed by atoms with Crippen LogP contribution in [0.1, 0.15) is 50.3 Å². The van der Waals surface area contributed by atoms with E-state index in [2.05, 4.69) is 53.2 Å². The fraction of sp³-hybridized carbons (Fsp3) is 0.533. The molecule has 1 N–H and O–H groups in total. The summed E-state index contributed by atoms with van der Waals surface area (Å²) in [6.07, 6.45) is 5.62. The van der Waals surface area contributed by atoms with Crippen molar-refractivity contribution in [3.63, 3.8) is 0 Å². The maximum atomic E-state index is 5.60. The van der Waals surface area contributed by atoms with E-state index in [1.807, 2.05) is 10.9 Å². The van der Waals surface area contributed by atoms with Crippen molar-refractivity contribution in [1.82, 2.24) is 15.1 Å². The van der Waals surface area contributed by atoms with Gasteiger partial charge in [-0.3, -0.25) is 4.68 Å². The smallest absolute Gasteiger partial charge is 0.108 e. The summed E-state index contributed by atoms with van der Waals surface area (Å²) >= 11 is 3.63. The van der Waals surface area contributed by atoms with Crippen molar-refractivity contribution >= 4 is 15.9 Å². The Kier molecular flexibility index (Phi) is 5.43. The molecule has 0 saturated heterocycles. The molecule has 0 fully saturated rings. The van der Waals surface area contributed by atoms with Crippen LogP contribution >= 0.6 is 15.9 Å². The van der Waals surface area contributed by atoms with Gasteiger partial charge in [0, 0.05) is 18.5 Å². The van der Waals surface area contributed by atoms with Crippen molar-refractivity contribution in [2.45, 2.75) is 46.2 Å². The number of halogens is 1. The highest BCUT2D eigenvalue weighted by molar-refractivity contribution is 9.10. The molecule has 110 valence electrons. The Bertz CT molecular complexity index is 547. The lowest BCUT2D eigenvalue weighted by Crippen LogP contribution is -2.26. The molecule has 0 radical (unpaired) electrons. The van der Waals surface area contributed by atoms with Crippen molar-refractivity contribution in [3.8, 4) is 0 Å². The van der Waals surface area contributed by atoms with Gasteiger partial charge in [0.2, 0.25) is 0 Å². The van der Waals surface area contributed by atoms with Gasteiger partial charge < -0.3 is 9.73 Å². The van der Waals surface area contributed by atoms with Crippen LogP contribution in [0.4, 0.5) is 0 Å². The fourth-order valence-electron chi connectivity index (χ4n) is 2.45. The normalized spacial score (nSPS) is 12.8. The Morgan fingerprint density at radius 3 is 2.85 bits per heavy atom. The molecule has 0 bridgehead atoms. The van der Waals surface area contributed by atoms with Crippen LogP contribution < -0.4 is 5.32 Å². The molecule has 2 aromatic heterocycles. The van der Waals surface area contributed by atoms with Crippen LogP contribution in [0.5, 0.6) is 0 Å². The van der Waals surface area contributed by atoms with Gasteiger partial charge in [0.05, 0.1) is 28.7 Å². The van der Waals surface area contributed by atoms with Crippen LogP contribution in [0.3, 0.4) is 0 Å². The van der Waals surface area contributed by atoms with E-state index in [0.29, 0.717) is 0 Å². The van der Waals surface area contributed by atoms with E-state index in [1.54, 1.807) is 6.26 Å². The number of nitrogens with zero attached hydrogens (tertiary/aromatic N) is 2. The number of hydrogen-bond donors (Lipinski definition) is 1. The zero-order valence-corrected chi connectivity index (χ0v) is 13.9. The van der Waals surface area contributed by atoms with Gasteiger partial charge >= 0.3 is 0 Å². The fourth-order valence-corrected chi connectivity index (χ4v) is 2.97. The van der Waals surface area contributed by atoms with Crippen molar-refractivity contribution in [3.05, 3.63) is 40.0 Å². The highest BCUT2D eigenvalue weighted by Crippen LogP contribution is 2.31. The first kappa shape index (κ1) is 15.3. The van der Waals surface area contributed by atoms with Gasteiger partial charge in [0.15, 0.2) is 0 Å². The molecule has 0 aromatic carbocycles. The molecule has 1 unspecified atom stereocenters. The Morgan fingerprint density at radius 2 is 2.20 bits per heavy atom. The molecule has 20 heavy (non-hydrogen) atoms.